The molecule has 0 radical (unpaired) electrons. The van der Waals surface area contributed by atoms with E-state index < -0.39 is 11.9 Å². The summed E-state index contributed by atoms with van der Waals surface area (Å²) in [6, 6.07) is 4.18. The highest BCUT2D eigenvalue weighted by Gasteiger charge is 2.38. The molecule has 3 N–H and O–H groups in total. The lowest BCUT2D eigenvalue weighted by molar-refractivity contribution is -0.140. The molecular formula is C27H30F3N7O. The number of hydrogen-bond donors (Lipinski definition) is 3. The number of aryl methyl sites for hydroxylation is 1. The van der Waals surface area contributed by atoms with E-state index in [1.54, 1.807) is 12.1 Å². The van der Waals surface area contributed by atoms with Gasteiger partial charge in [-0.15, -0.1) is 0 Å². The van der Waals surface area contributed by atoms with Crippen LogP contribution in [0.15, 0.2) is 18.3 Å². The number of rotatable bonds is 4. The number of fused-ring (bicyclic) bond motifs is 5. The lowest BCUT2D eigenvalue weighted by Gasteiger charge is -2.32. The molecule has 2 aliphatic carbocycles. The van der Waals surface area contributed by atoms with Gasteiger partial charge in [0.2, 0.25) is 0 Å². The number of alkyl halides is 3. The van der Waals surface area contributed by atoms with Crippen molar-refractivity contribution in [2.75, 3.05) is 14.1 Å². The summed E-state index contributed by atoms with van der Waals surface area (Å²) in [5.74, 6) is -0.236. The van der Waals surface area contributed by atoms with Crippen molar-refractivity contribution >= 4 is 27.7 Å². The molecule has 0 saturated heterocycles. The number of halogens is 3. The minimum absolute atomic E-state index is 0.0452. The van der Waals surface area contributed by atoms with Gasteiger partial charge < -0.3 is 10.2 Å². The van der Waals surface area contributed by atoms with E-state index in [9.17, 15) is 18.0 Å². The van der Waals surface area contributed by atoms with E-state index in [2.05, 4.69) is 44.7 Å². The number of aromatic amines is 2. The molecule has 3 aromatic heterocycles. The van der Waals surface area contributed by atoms with Gasteiger partial charge in [-0.3, -0.25) is 15.0 Å². The van der Waals surface area contributed by atoms with Gasteiger partial charge in [0.05, 0.1) is 22.3 Å². The van der Waals surface area contributed by atoms with Gasteiger partial charge in [-0.1, -0.05) is 0 Å². The number of nitrogens with zero attached hydrogens (tertiary/aromatic N) is 4. The largest absolute Gasteiger partial charge is 0.435 e. The van der Waals surface area contributed by atoms with Gasteiger partial charge >= 0.3 is 6.18 Å². The summed E-state index contributed by atoms with van der Waals surface area (Å²) in [6.45, 7) is 0. The van der Waals surface area contributed by atoms with Crippen molar-refractivity contribution in [2.24, 2.45) is 0 Å². The van der Waals surface area contributed by atoms with Crippen LogP contribution in [-0.2, 0) is 19.0 Å². The van der Waals surface area contributed by atoms with Crippen LogP contribution in [0.4, 0.5) is 13.2 Å². The van der Waals surface area contributed by atoms with Crippen LogP contribution in [0.5, 0.6) is 0 Å². The van der Waals surface area contributed by atoms with Crippen molar-refractivity contribution in [2.45, 2.75) is 69.6 Å². The Bertz CT molecular complexity index is 1510. The summed E-state index contributed by atoms with van der Waals surface area (Å²) < 4.78 is 41.1. The van der Waals surface area contributed by atoms with Crippen LogP contribution in [0.3, 0.4) is 0 Å². The quantitative estimate of drug-likeness (QED) is 0.348. The van der Waals surface area contributed by atoms with Crippen molar-refractivity contribution in [3.05, 3.63) is 40.8 Å². The second-order valence-electron chi connectivity index (χ2n) is 10.7. The average Bonchev–Trinajstić information content (AvgIpc) is 3.56. The molecule has 6 rings (SSSR count). The van der Waals surface area contributed by atoms with E-state index in [-0.39, 0.29) is 17.5 Å². The van der Waals surface area contributed by atoms with Crippen LogP contribution < -0.4 is 5.32 Å². The molecular weight excluding hydrogens is 495 g/mol. The summed E-state index contributed by atoms with van der Waals surface area (Å²) >= 11 is 0. The maximum atomic E-state index is 13.7. The first-order valence-corrected chi connectivity index (χ1v) is 13.1. The smallest absolute Gasteiger partial charge is 0.348 e. The monoisotopic (exact) mass is 525 g/mol. The van der Waals surface area contributed by atoms with E-state index in [1.165, 1.54) is 6.20 Å². The Hall–Kier alpha value is -3.47. The SMILES string of the molecule is CN(C)C1CCC(NC(=O)c2n[nH]c3ccc4nc(-c5c[nH]nc5C(F)(F)F)c5c(c4c23)CCCC5)CC1. The van der Waals surface area contributed by atoms with E-state index >= 15 is 0 Å². The van der Waals surface area contributed by atoms with Gasteiger partial charge in [-0.25, -0.2) is 4.98 Å². The minimum atomic E-state index is -4.60. The zero-order valence-corrected chi connectivity index (χ0v) is 21.4. The third kappa shape index (κ3) is 4.22. The van der Waals surface area contributed by atoms with Gasteiger partial charge in [0, 0.05) is 29.1 Å². The number of nitrogens with one attached hydrogen (secondary N) is 3. The highest BCUT2D eigenvalue weighted by atomic mass is 19.4. The lowest BCUT2D eigenvalue weighted by atomic mass is 9.85. The molecule has 8 nitrogen and oxygen atoms in total. The Morgan fingerprint density at radius 3 is 2.47 bits per heavy atom. The normalized spacial score (nSPS) is 20.3. The topological polar surface area (TPSA) is 103 Å². The fourth-order valence-electron chi connectivity index (χ4n) is 6.20. The number of carbonyl (C=O) groups excluding carboxylic acids is 1. The van der Waals surface area contributed by atoms with Crippen LogP contribution in [0, 0.1) is 0 Å². The van der Waals surface area contributed by atoms with Crippen LogP contribution in [0.25, 0.3) is 33.1 Å². The van der Waals surface area contributed by atoms with Crippen molar-refractivity contribution in [3.8, 4) is 11.3 Å². The molecule has 3 heterocycles. The first-order valence-electron chi connectivity index (χ1n) is 13.1. The number of hydrogen-bond acceptors (Lipinski definition) is 5. The molecule has 38 heavy (non-hydrogen) atoms. The van der Waals surface area contributed by atoms with E-state index in [0.29, 0.717) is 46.7 Å². The summed E-state index contributed by atoms with van der Waals surface area (Å²) in [5, 5.41) is 17.9. The zero-order chi connectivity index (χ0) is 26.6. The van der Waals surface area contributed by atoms with E-state index in [1.807, 2.05) is 0 Å². The molecule has 0 atom stereocenters. The zero-order valence-electron chi connectivity index (χ0n) is 21.4. The summed E-state index contributed by atoms with van der Waals surface area (Å²) in [6.07, 6.45) is 3.61. The Morgan fingerprint density at radius 1 is 1.03 bits per heavy atom. The fraction of sp³-hybridized carbons (Fsp3) is 0.481. The molecule has 1 saturated carbocycles. The van der Waals surface area contributed by atoms with Crippen molar-refractivity contribution < 1.29 is 18.0 Å². The highest BCUT2D eigenvalue weighted by molar-refractivity contribution is 6.17. The molecule has 0 bridgehead atoms. The van der Waals surface area contributed by atoms with E-state index in [4.69, 9.17) is 4.98 Å². The molecule has 2 aliphatic rings. The van der Waals surface area contributed by atoms with Gasteiger partial charge in [-0.2, -0.15) is 23.4 Å². The Labute approximate surface area is 217 Å². The standard InChI is InChI=1S/C27H30F3N7O/c1-37(2)15-9-7-14(8-10-15)32-26(38)24-22-20(34-35-24)12-11-19-21(22)16-5-3-4-6-17(16)23(33-19)18-13-31-36-25(18)27(28,29)30/h11-15H,3-10H2,1-2H3,(H,31,36)(H,32,38)(H,34,35). The predicted molar refractivity (Wildman–Crippen MR) is 138 cm³/mol. The Balaban J connectivity index is 1.44. The van der Waals surface area contributed by atoms with Crippen molar-refractivity contribution in [1.82, 2.24) is 35.6 Å². The molecule has 1 amide bonds. The fourth-order valence-corrected chi connectivity index (χ4v) is 6.20. The number of amides is 1. The predicted octanol–water partition coefficient (Wildman–Crippen LogP) is 5.00. The molecule has 1 aromatic carbocycles. The van der Waals surface area contributed by atoms with Crippen LogP contribution in [0.1, 0.15) is 65.8 Å². The van der Waals surface area contributed by atoms with Gasteiger partial charge in [0.25, 0.3) is 5.91 Å². The number of H-pyrrole nitrogens is 2. The van der Waals surface area contributed by atoms with Gasteiger partial charge in [0.15, 0.2) is 11.4 Å². The third-order valence-corrected chi connectivity index (χ3v) is 8.14. The molecule has 4 aromatic rings. The Morgan fingerprint density at radius 2 is 1.76 bits per heavy atom. The molecule has 0 aliphatic heterocycles. The summed E-state index contributed by atoms with van der Waals surface area (Å²) in [5.41, 5.74) is 2.59. The first kappa shape index (κ1) is 24.8. The molecule has 0 spiro atoms. The average molecular weight is 526 g/mol. The summed E-state index contributed by atoms with van der Waals surface area (Å²) in [7, 11) is 4.17. The second-order valence-corrected chi connectivity index (χ2v) is 10.7. The number of pyridine rings is 1. The highest BCUT2D eigenvalue weighted by Crippen LogP contribution is 2.42. The molecule has 0 unspecified atom stereocenters. The van der Waals surface area contributed by atoms with Crippen LogP contribution in [-0.4, -0.2) is 62.4 Å². The maximum absolute atomic E-state index is 13.7. The number of benzene rings is 1. The Kier molecular flexibility index (Phi) is 6.13. The van der Waals surface area contributed by atoms with Crippen molar-refractivity contribution in [1.29, 1.82) is 0 Å². The summed E-state index contributed by atoms with van der Waals surface area (Å²) in [4.78, 5) is 20.4. The maximum Gasteiger partial charge on any atom is 0.435 e. The van der Waals surface area contributed by atoms with E-state index in [0.717, 1.165) is 55.0 Å². The molecule has 1 fully saturated rings. The number of aromatic nitrogens is 5. The minimum Gasteiger partial charge on any atom is -0.348 e. The number of carbonyl (C=O) groups is 1. The van der Waals surface area contributed by atoms with Crippen LogP contribution in [0.2, 0.25) is 0 Å². The van der Waals surface area contributed by atoms with Gasteiger partial charge in [-0.05, 0) is 88.7 Å². The third-order valence-electron chi connectivity index (χ3n) is 8.14. The van der Waals surface area contributed by atoms with Crippen molar-refractivity contribution in [3.63, 3.8) is 0 Å². The second kappa shape index (κ2) is 9.37. The molecule has 11 heteroatoms. The first-order chi connectivity index (χ1) is 18.2. The molecule has 200 valence electrons. The van der Waals surface area contributed by atoms with Gasteiger partial charge in [0.1, 0.15) is 0 Å². The van der Waals surface area contributed by atoms with Crippen LogP contribution >= 0.6 is 0 Å². The lowest BCUT2D eigenvalue weighted by Crippen LogP contribution is -2.42.